The molecule has 0 saturated carbocycles. The van der Waals surface area contributed by atoms with Crippen LogP contribution in [-0.2, 0) is 20.8 Å². The van der Waals surface area contributed by atoms with Crippen molar-refractivity contribution < 1.29 is 28.5 Å². The van der Waals surface area contributed by atoms with E-state index in [1.54, 1.807) is 31.6 Å². The van der Waals surface area contributed by atoms with Crippen LogP contribution in [0.25, 0.3) is 33.4 Å². The summed E-state index contributed by atoms with van der Waals surface area (Å²) in [5, 5.41) is 2.94. The number of nitrogen functional groups attached to an aromatic ring is 1. The first-order chi connectivity index (χ1) is 25.8. The number of rotatable bonds is 11. The van der Waals surface area contributed by atoms with E-state index in [1.807, 2.05) is 78.4 Å². The zero-order valence-electron chi connectivity index (χ0n) is 30.0. The molecule has 11 heteroatoms. The molecule has 5 aromatic rings. The smallest absolute Gasteiger partial charge is 0.261 e. The Balaban J connectivity index is 1.09. The molecule has 11 nitrogen and oxygen atoms in total. The fourth-order valence-electron chi connectivity index (χ4n) is 6.64. The van der Waals surface area contributed by atoms with Gasteiger partial charge in [0.25, 0.3) is 5.91 Å². The van der Waals surface area contributed by atoms with Crippen molar-refractivity contribution in [3.8, 4) is 44.9 Å². The molecule has 3 aromatic carbocycles. The number of carbonyl (C=O) groups excluding carboxylic acids is 1. The Hall–Kier alpha value is -5.49. The van der Waals surface area contributed by atoms with Crippen LogP contribution in [0.15, 0.2) is 96.2 Å². The highest BCUT2D eigenvalue weighted by Crippen LogP contribution is 2.35. The number of nitrogens with two attached hydrogens (primary N) is 1. The average molecular weight is 717 g/mol. The number of pyridine rings is 2. The Kier molecular flexibility index (Phi) is 11.1. The summed E-state index contributed by atoms with van der Waals surface area (Å²) in [7, 11) is 1.60. The normalized spacial score (nSPS) is 16.2. The molecule has 2 aliphatic rings. The zero-order valence-corrected chi connectivity index (χ0v) is 30.0. The SMILES string of the molecule is COc1cc(-c2cnc(N)c(-c3ccc(NC(=O)c4cn(CC5CCOCC5)cc(-c5ccc(C)cc5)c4=O)cc3)c2)ccc1OC[C@H]1COCCO1. The van der Waals surface area contributed by atoms with Gasteiger partial charge in [-0.05, 0) is 72.7 Å². The highest BCUT2D eigenvalue weighted by molar-refractivity contribution is 6.04. The van der Waals surface area contributed by atoms with E-state index in [0.29, 0.717) is 67.5 Å². The first kappa shape index (κ1) is 35.9. The Morgan fingerprint density at radius 2 is 1.60 bits per heavy atom. The van der Waals surface area contributed by atoms with Gasteiger partial charge in [-0.3, -0.25) is 9.59 Å². The quantitative estimate of drug-likeness (QED) is 0.155. The van der Waals surface area contributed by atoms with Crippen LogP contribution in [0.2, 0.25) is 0 Å². The summed E-state index contributed by atoms with van der Waals surface area (Å²) in [6.45, 7) is 6.13. The van der Waals surface area contributed by atoms with Gasteiger partial charge in [0.1, 0.15) is 24.1 Å². The number of ether oxygens (including phenoxy) is 5. The molecule has 0 spiro atoms. The third-order valence-electron chi connectivity index (χ3n) is 9.68. The minimum atomic E-state index is -0.471. The number of nitrogens with zero attached hydrogens (tertiary/aromatic N) is 2. The van der Waals surface area contributed by atoms with Gasteiger partial charge >= 0.3 is 0 Å². The molecule has 53 heavy (non-hydrogen) atoms. The van der Waals surface area contributed by atoms with E-state index in [4.69, 9.17) is 29.4 Å². The highest BCUT2D eigenvalue weighted by atomic mass is 16.6. The molecular weight excluding hydrogens is 672 g/mol. The molecule has 2 aliphatic heterocycles. The maximum atomic E-state index is 13.8. The summed E-state index contributed by atoms with van der Waals surface area (Å²) < 4.78 is 30.3. The maximum Gasteiger partial charge on any atom is 0.261 e. The Bertz CT molecular complexity index is 2100. The van der Waals surface area contributed by atoms with Gasteiger partial charge in [0.15, 0.2) is 11.5 Å². The van der Waals surface area contributed by atoms with Crippen molar-refractivity contribution in [2.45, 2.75) is 32.4 Å². The second-order valence-corrected chi connectivity index (χ2v) is 13.5. The molecule has 1 atom stereocenters. The van der Waals surface area contributed by atoms with E-state index in [2.05, 4.69) is 10.3 Å². The maximum absolute atomic E-state index is 13.8. The molecule has 4 heterocycles. The number of aryl methyl sites for hydroxylation is 1. The summed E-state index contributed by atoms with van der Waals surface area (Å²) in [6, 6.07) is 22.8. The molecule has 0 bridgehead atoms. The van der Waals surface area contributed by atoms with Gasteiger partial charge in [0, 0.05) is 60.7 Å². The molecule has 7 rings (SSSR count). The third kappa shape index (κ3) is 8.60. The topological polar surface area (TPSA) is 136 Å². The Morgan fingerprint density at radius 3 is 2.34 bits per heavy atom. The number of carbonyl (C=O) groups is 1. The van der Waals surface area contributed by atoms with Gasteiger partial charge in [-0.15, -0.1) is 0 Å². The minimum Gasteiger partial charge on any atom is -0.493 e. The molecule has 0 unspecified atom stereocenters. The van der Waals surface area contributed by atoms with Crippen molar-refractivity contribution in [3.63, 3.8) is 0 Å². The molecule has 2 fully saturated rings. The predicted molar refractivity (Wildman–Crippen MR) is 204 cm³/mol. The fourth-order valence-corrected chi connectivity index (χ4v) is 6.64. The Labute approximate surface area is 308 Å². The molecule has 2 saturated heterocycles. The highest BCUT2D eigenvalue weighted by Gasteiger charge is 2.21. The van der Waals surface area contributed by atoms with Crippen molar-refractivity contribution in [3.05, 3.63) is 113 Å². The summed E-state index contributed by atoms with van der Waals surface area (Å²) >= 11 is 0. The lowest BCUT2D eigenvalue weighted by atomic mass is 9.99. The largest absolute Gasteiger partial charge is 0.493 e. The number of anilines is 2. The first-order valence-electron chi connectivity index (χ1n) is 17.9. The summed E-state index contributed by atoms with van der Waals surface area (Å²) in [4.78, 5) is 32.0. The van der Waals surface area contributed by atoms with Crippen LogP contribution >= 0.6 is 0 Å². The first-order valence-corrected chi connectivity index (χ1v) is 17.9. The molecular formula is C42H44N4O7. The molecule has 2 aromatic heterocycles. The van der Waals surface area contributed by atoms with E-state index in [9.17, 15) is 9.59 Å². The van der Waals surface area contributed by atoms with E-state index >= 15 is 0 Å². The second kappa shape index (κ2) is 16.5. The lowest BCUT2D eigenvalue weighted by molar-refractivity contribution is -0.101. The van der Waals surface area contributed by atoms with Crippen LogP contribution in [0.5, 0.6) is 11.5 Å². The van der Waals surface area contributed by atoms with Gasteiger partial charge in [0.05, 0.1) is 26.9 Å². The van der Waals surface area contributed by atoms with Gasteiger partial charge in [-0.25, -0.2) is 4.98 Å². The lowest BCUT2D eigenvalue weighted by Crippen LogP contribution is -2.33. The summed E-state index contributed by atoms with van der Waals surface area (Å²) in [5.74, 6) is 1.48. The number of benzene rings is 3. The van der Waals surface area contributed by atoms with E-state index in [0.717, 1.165) is 59.4 Å². The van der Waals surface area contributed by atoms with Crippen LogP contribution in [0.3, 0.4) is 0 Å². The summed E-state index contributed by atoms with van der Waals surface area (Å²) in [5.41, 5.74) is 12.3. The molecule has 0 aliphatic carbocycles. The van der Waals surface area contributed by atoms with Crippen molar-refractivity contribution in [1.29, 1.82) is 0 Å². The van der Waals surface area contributed by atoms with E-state index < -0.39 is 5.91 Å². The van der Waals surface area contributed by atoms with Crippen LogP contribution < -0.4 is 26.0 Å². The molecule has 3 N–H and O–H groups in total. The van der Waals surface area contributed by atoms with Crippen LogP contribution in [0.4, 0.5) is 11.5 Å². The number of methoxy groups -OCH3 is 1. The molecule has 274 valence electrons. The lowest BCUT2D eigenvalue weighted by Gasteiger charge is -2.23. The minimum absolute atomic E-state index is 0.0866. The molecule has 1 amide bonds. The number of hydrogen-bond donors (Lipinski definition) is 2. The van der Waals surface area contributed by atoms with Crippen molar-refractivity contribution in [1.82, 2.24) is 9.55 Å². The monoisotopic (exact) mass is 716 g/mol. The second-order valence-electron chi connectivity index (χ2n) is 13.5. The predicted octanol–water partition coefficient (Wildman–Crippen LogP) is 6.62. The van der Waals surface area contributed by atoms with Gasteiger partial charge in [-0.2, -0.15) is 0 Å². The van der Waals surface area contributed by atoms with E-state index in [-0.39, 0.29) is 17.1 Å². The fraction of sp³-hybridized carbons (Fsp3) is 0.310. The van der Waals surface area contributed by atoms with Crippen LogP contribution in [0, 0.1) is 12.8 Å². The summed E-state index contributed by atoms with van der Waals surface area (Å²) in [6.07, 6.45) is 6.99. The third-order valence-corrected chi connectivity index (χ3v) is 9.68. The van der Waals surface area contributed by atoms with Gasteiger partial charge in [-0.1, -0.05) is 48.0 Å². The molecule has 0 radical (unpaired) electrons. The van der Waals surface area contributed by atoms with Gasteiger partial charge in [0.2, 0.25) is 5.43 Å². The number of nitrogens with one attached hydrogen (secondary N) is 1. The van der Waals surface area contributed by atoms with E-state index in [1.165, 1.54) is 0 Å². The number of aromatic nitrogens is 2. The number of hydrogen-bond acceptors (Lipinski definition) is 9. The van der Waals surface area contributed by atoms with Crippen LogP contribution in [-0.4, -0.2) is 68.3 Å². The van der Waals surface area contributed by atoms with Crippen molar-refractivity contribution in [2.24, 2.45) is 5.92 Å². The number of amides is 1. The van der Waals surface area contributed by atoms with Crippen molar-refractivity contribution in [2.75, 3.05) is 57.8 Å². The average Bonchev–Trinajstić information content (AvgIpc) is 3.19. The van der Waals surface area contributed by atoms with Gasteiger partial charge < -0.3 is 39.3 Å². The Morgan fingerprint density at radius 1 is 0.868 bits per heavy atom. The zero-order chi connectivity index (χ0) is 36.7. The standard InChI is InChI=1S/C42H44N4O7/c1-27-3-5-30(6-4-27)36-23-46(22-28-13-15-50-16-14-28)24-37(40(36)47)42(48)45-33-10-7-29(8-11-33)35-19-32(21-44-41(35)43)31-9-12-38(39(20-31)49-2)53-26-34-25-51-17-18-52-34/h3-12,19-21,23-24,28,34H,13-18,22,25-26H2,1-2H3,(H2,43,44)(H,45,48)/t34-/m1/s1. The van der Waals surface area contributed by atoms with Crippen LogP contribution in [0.1, 0.15) is 28.8 Å². The van der Waals surface area contributed by atoms with Crippen molar-refractivity contribution >= 4 is 17.4 Å².